The van der Waals surface area contributed by atoms with Crippen LogP contribution >= 0.6 is 0 Å². The van der Waals surface area contributed by atoms with Gasteiger partial charge in [0.25, 0.3) is 0 Å². The number of rotatable bonds is 7. The second-order valence-corrected chi connectivity index (χ2v) is 4.93. The van der Waals surface area contributed by atoms with Gasteiger partial charge in [-0.3, -0.25) is 9.36 Å². The summed E-state index contributed by atoms with van der Waals surface area (Å²) in [4.78, 5) is 0. The predicted molar refractivity (Wildman–Crippen MR) is 72.6 cm³/mol. The van der Waals surface area contributed by atoms with Gasteiger partial charge in [0.1, 0.15) is 6.67 Å². The Labute approximate surface area is 112 Å². The van der Waals surface area contributed by atoms with Gasteiger partial charge in [-0.25, -0.2) is 4.39 Å². The summed E-state index contributed by atoms with van der Waals surface area (Å²) in [5.41, 5.74) is 2.03. The molecule has 0 aromatic carbocycles. The molecule has 5 nitrogen and oxygen atoms in total. The van der Waals surface area contributed by atoms with Gasteiger partial charge >= 0.3 is 0 Å². The summed E-state index contributed by atoms with van der Waals surface area (Å²) in [5, 5.41) is 11.7. The molecule has 104 valence electrons. The van der Waals surface area contributed by atoms with E-state index >= 15 is 0 Å². The first-order valence-electron chi connectivity index (χ1n) is 6.52. The molecule has 0 saturated heterocycles. The first-order chi connectivity index (χ1) is 9.19. The van der Waals surface area contributed by atoms with Crippen LogP contribution in [0.25, 0.3) is 0 Å². The molecule has 0 amide bonds. The summed E-state index contributed by atoms with van der Waals surface area (Å²) >= 11 is 0. The molecule has 2 aromatic heterocycles. The molecule has 2 aromatic rings. The van der Waals surface area contributed by atoms with Crippen LogP contribution in [0.15, 0.2) is 24.7 Å². The largest absolute Gasteiger partial charge is 0.377 e. The summed E-state index contributed by atoms with van der Waals surface area (Å²) in [7, 11) is 0. The van der Waals surface area contributed by atoms with Crippen LogP contribution in [0.4, 0.5) is 10.1 Å². The van der Waals surface area contributed by atoms with E-state index in [2.05, 4.69) is 29.4 Å². The van der Waals surface area contributed by atoms with Gasteiger partial charge in [0.05, 0.1) is 30.7 Å². The summed E-state index contributed by atoms with van der Waals surface area (Å²) in [5.74, 6) is 0.561. The lowest BCUT2D eigenvalue weighted by Crippen LogP contribution is -2.12. The number of hydrogen-bond acceptors (Lipinski definition) is 3. The zero-order valence-electron chi connectivity index (χ0n) is 11.4. The van der Waals surface area contributed by atoms with Crippen LogP contribution in [0, 0.1) is 5.92 Å². The summed E-state index contributed by atoms with van der Waals surface area (Å²) < 4.78 is 15.8. The van der Waals surface area contributed by atoms with Gasteiger partial charge in [0, 0.05) is 18.9 Å². The van der Waals surface area contributed by atoms with Crippen LogP contribution in [-0.2, 0) is 19.6 Å². The number of aryl methyl sites for hydroxylation is 1. The number of anilines is 1. The van der Waals surface area contributed by atoms with Crippen molar-refractivity contribution in [3.8, 4) is 0 Å². The molecule has 0 saturated carbocycles. The van der Waals surface area contributed by atoms with E-state index in [1.54, 1.807) is 10.9 Å². The topological polar surface area (TPSA) is 47.7 Å². The number of halogens is 1. The summed E-state index contributed by atoms with van der Waals surface area (Å²) in [6.45, 7) is 5.83. The van der Waals surface area contributed by atoms with Crippen molar-refractivity contribution < 1.29 is 4.39 Å². The number of aromatic nitrogens is 4. The number of hydrogen-bond donors (Lipinski definition) is 1. The maximum absolute atomic E-state index is 12.2. The van der Waals surface area contributed by atoms with Gasteiger partial charge in [-0.1, -0.05) is 13.8 Å². The van der Waals surface area contributed by atoms with Gasteiger partial charge in [-0.15, -0.1) is 0 Å². The summed E-state index contributed by atoms with van der Waals surface area (Å²) in [6.07, 6.45) is 5.33. The third-order valence-corrected chi connectivity index (χ3v) is 2.76. The molecular formula is C13H20FN5. The van der Waals surface area contributed by atoms with Crippen molar-refractivity contribution in [2.75, 3.05) is 12.0 Å². The van der Waals surface area contributed by atoms with Crippen LogP contribution in [0.3, 0.4) is 0 Å². The van der Waals surface area contributed by atoms with E-state index in [0.717, 1.165) is 17.9 Å². The predicted octanol–water partition coefficient (Wildman–Crippen LogP) is 2.32. The molecule has 0 aliphatic rings. The van der Waals surface area contributed by atoms with Crippen molar-refractivity contribution in [1.29, 1.82) is 0 Å². The smallest absolute Gasteiger partial charge is 0.109 e. The third-order valence-electron chi connectivity index (χ3n) is 2.76. The third kappa shape index (κ3) is 3.81. The second-order valence-electron chi connectivity index (χ2n) is 4.93. The van der Waals surface area contributed by atoms with Crippen LogP contribution in [-0.4, -0.2) is 26.2 Å². The number of nitrogens with one attached hydrogen (secondary N) is 1. The average molecular weight is 265 g/mol. The van der Waals surface area contributed by atoms with E-state index in [9.17, 15) is 4.39 Å². The maximum atomic E-state index is 12.2. The Bertz CT molecular complexity index is 503. The zero-order valence-corrected chi connectivity index (χ0v) is 11.4. The second kappa shape index (κ2) is 6.36. The minimum atomic E-state index is -0.401. The monoisotopic (exact) mass is 265 g/mol. The van der Waals surface area contributed by atoms with Crippen LogP contribution in [0.1, 0.15) is 19.5 Å². The SMILES string of the molecule is CC(C)Cn1nccc1CNc1cnn(CCF)c1. The molecule has 0 bridgehead atoms. The van der Waals surface area contributed by atoms with Crippen LogP contribution in [0.2, 0.25) is 0 Å². The quantitative estimate of drug-likeness (QED) is 0.835. The minimum absolute atomic E-state index is 0.299. The molecule has 0 atom stereocenters. The van der Waals surface area contributed by atoms with Gasteiger partial charge in [0.2, 0.25) is 0 Å². The number of nitrogens with zero attached hydrogens (tertiary/aromatic N) is 4. The van der Waals surface area contributed by atoms with Crippen molar-refractivity contribution in [2.45, 2.75) is 33.5 Å². The minimum Gasteiger partial charge on any atom is -0.377 e. The Morgan fingerprint density at radius 3 is 2.95 bits per heavy atom. The van der Waals surface area contributed by atoms with Crippen molar-refractivity contribution in [3.05, 3.63) is 30.4 Å². The Morgan fingerprint density at radius 1 is 1.37 bits per heavy atom. The normalized spacial score (nSPS) is 11.2. The lowest BCUT2D eigenvalue weighted by atomic mass is 10.2. The highest BCUT2D eigenvalue weighted by molar-refractivity contribution is 5.38. The van der Waals surface area contributed by atoms with E-state index in [1.165, 1.54) is 0 Å². The van der Waals surface area contributed by atoms with E-state index < -0.39 is 6.67 Å². The van der Waals surface area contributed by atoms with Gasteiger partial charge in [-0.05, 0) is 12.0 Å². The molecule has 0 radical (unpaired) electrons. The van der Waals surface area contributed by atoms with E-state index in [-0.39, 0.29) is 0 Å². The molecule has 2 rings (SSSR count). The average Bonchev–Trinajstić information content (AvgIpc) is 2.96. The van der Waals surface area contributed by atoms with E-state index in [0.29, 0.717) is 19.0 Å². The van der Waals surface area contributed by atoms with Crippen molar-refractivity contribution in [3.63, 3.8) is 0 Å². The lowest BCUT2D eigenvalue weighted by molar-refractivity contribution is 0.427. The number of alkyl halides is 1. The fraction of sp³-hybridized carbons (Fsp3) is 0.538. The Balaban J connectivity index is 1.92. The highest BCUT2D eigenvalue weighted by Crippen LogP contribution is 2.09. The van der Waals surface area contributed by atoms with Gasteiger partial charge in [0.15, 0.2) is 0 Å². The Kier molecular flexibility index (Phi) is 4.54. The maximum Gasteiger partial charge on any atom is 0.109 e. The van der Waals surface area contributed by atoms with Crippen molar-refractivity contribution >= 4 is 5.69 Å². The fourth-order valence-corrected chi connectivity index (χ4v) is 1.88. The Hall–Kier alpha value is -1.85. The molecule has 2 heterocycles. The summed E-state index contributed by atoms with van der Waals surface area (Å²) in [6, 6.07) is 2.00. The van der Waals surface area contributed by atoms with Crippen molar-refractivity contribution in [2.24, 2.45) is 5.92 Å². The zero-order chi connectivity index (χ0) is 13.7. The molecule has 19 heavy (non-hydrogen) atoms. The van der Waals surface area contributed by atoms with E-state index in [4.69, 9.17) is 0 Å². The highest BCUT2D eigenvalue weighted by Gasteiger charge is 2.05. The highest BCUT2D eigenvalue weighted by atomic mass is 19.1. The lowest BCUT2D eigenvalue weighted by Gasteiger charge is -2.10. The van der Waals surface area contributed by atoms with Gasteiger partial charge in [-0.2, -0.15) is 10.2 Å². The molecular weight excluding hydrogens is 245 g/mol. The fourth-order valence-electron chi connectivity index (χ4n) is 1.88. The first kappa shape index (κ1) is 13.6. The standard InChI is InChI=1S/C13H20FN5/c1-11(2)9-19-13(3-5-16-19)8-15-12-7-17-18(10-12)6-4-14/h3,5,7,10-11,15H,4,6,8-9H2,1-2H3. The first-order valence-corrected chi connectivity index (χ1v) is 6.52. The van der Waals surface area contributed by atoms with Gasteiger partial charge < -0.3 is 5.32 Å². The molecule has 6 heteroatoms. The Morgan fingerprint density at radius 2 is 2.21 bits per heavy atom. The molecule has 0 fully saturated rings. The molecule has 0 spiro atoms. The molecule has 0 aliphatic carbocycles. The van der Waals surface area contributed by atoms with E-state index in [1.807, 2.05) is 23.1 Å². The van der Waals surface area contributed by atoms with Crippen molar-refractivity contribution in [1.82, 2.24) is 19.6 Å². The van der Waals surface area contributed by atoms with Crippen LogP contribution < -0.4 is 5.32 Å². The van der Waals surface area contributed by atoms with Crippen LogP contribution in [0.5, 0.6) is 0 Å². The molecule has 1 N–H and O–H groups in total. The molecule has 0 aliphatic heterocycles. The molecule has 0 unspecified atom stereocenters.